The lowest BCUT2D eigenvalue weighted by Crippen LogP contribution is -2.24. The van der Waals surface area contributed by atoms with Crippen LogP contribution < -0.4 is 25.0 Å². The molecule has 2 heterocycles. The Morgan fingerprint density at radius 3 is 2.50 bits per heavy atom. The van der Waals surface area contributed by atoms with E-state index in [1.807, 2.05) is 0 Å². The second kappa shape index (κ2) is 9.53. The van der Waals surface area contributed by atoms with Crippen LogP contribution in [0.5, 0.6) is 17.2 Å². The number of benzene rings is 3. The molecule has 3 aromatic carbocycles. The number of aromatic nitrogens is 1. The van der Waals surface area contributed by atoms with Crippen molar-refractivity contribution in [3.05, 3.63) is 94.0 Å². The highest BCUT2D eigenvalue weighted by molar-refractivity contribution is 6.10. The summed E-state index contributed by atoms with van der Waals surface area (Å²) in [6, 6.07) is 15.0. The summed E-state index contributed by atoms with van der Waals surface area (Å²) in [5.74, 6) is 0.0879. The molecule has 0 saturated carbocycles. The first-order valence-corrected chi connectivity index (χ1v) is 11.1. The number of amides is 1. The predicted octanol–water partition coefficient (Wildman–Crippen LogP) is 3.79. The Morgan fingerprint density at radius 2 is 1.75 bits per heavy atom. The first kappa shape index (κ1) is 23.1. The van der Waals surface area contributed by atoms with Crippen molar-refractivity contribution in [1.29, 1.82) is 0 Å². The normalized spacial score (nSPS) is 12.3. The van der Waals surface area contributed by atoms with E-state index >= 15 is 0 Å². The number of halogens is 1. The van der Waals surface area contributed by atoms with Crippen LogP contribution in [0.1, 0.15) is 15.9 Å². The van der Waals surface area contributed by atoms with Crippen LogP contribution in [0.3, 0.4) is 0 Å². The number of nitrogens with zero attached hydrogens (tertiary/aromatic N) is 1. The van der Waals surface area contributed by atoms with Crippen molar-refractivity contribution in [2.45, 2.75) is 6.54 Å². The Morgan fingerprint density at radius 1 is 1.00 bits per heavy atom. The Hall–Kier alpha value is -4.66. The second-order valence-electron chi connectivity index (χ2n) is 8.13. The van der Waals surface area contributed by atoms with Crippen molar-refractivity contribution in [2.75, 3.05) is 25.6 Å². The molecule has 0 radical (unpaired) electrons. The molecule has 0 fully saturated rings. The number of fused-ring (bicyclic) bond motifs is 2. The third kappa shape index (κ3) is 4.50. The number of rotatable bonds is 6. The average Bonchev–Trinajstić information content (AvgIpc) is 2.90. The fraction of sp³-hybridized carbons (Fsp3) is 0.148. The molecule has 182 valence electrons. The van der Waals surface area contributed by atoms with Crippen molar-refractivity contribution in [3.8, 4) is 17.2 Å². The van der Waals surface area contributed by atoms with Crippen LogP contribution >= 0.6 is 0 Å². The summed E-state index contributed by atoms with van der Waals surface area (Å²) in [5, 5.41) is 2.78. The number of hydrogen-bond acceptors (Lipinski definition) is 6. The molecule has 1 aromatic heterocycles. The molecule has 4 aromatic rings. The Labute approximate surface area is 204 Å². The number of ketones is 1. The molecular weight excluding hydrogens is 467 g/mol. The summed E-state index contributed by atoms with van der Waals surface area (Å²) in [7, 11) is 1.50. The van der Waals surface area contributed by atoms with E-state index in [0.29, 0.717) is 41.7 Å². The molecule has 8 nitrogen and oxygen atoms in total. The molecule has 0 spiro atoms. The highest BCUT2D eigenvalue weighted by Gasteiger charge is 2.19. The SMILES string of the molecule is COc1ccc(C(=O)c2cn(CC(=O)Nc3ccc4c(c3)OCCO4)c3ccc(F)cc3c2=O)cc1. The maximum absolute atomic E-state index is 14.0. The average molecular weight is 488 g/mol. The predicted molar refractivity (Wildman–Crippen MR) is 131 cm³/mol. The summed E-state index contributed by atoms with van der Waals surface area (Å²) in [6.07, 6.45) is 1.33. The number of anilines is 1. The van der Waals surface area contributed by atoms with Gasteiger partial charge in [0.05, 0.1) is 18.2 Å². The topological polar surface area (TPSA) is 95.9 Å². The van der Waals surface area contributed by atoms with E-state index in [-0.39, 0.29) is 23.1 Å². The van der Waals surface area contributed by atoms with Crippen LogP contribution in [-0.2, 0) is 11.3 Å². The standard InChI is InChI=1S/C27H21FN2O6/c1-34-19-6-2-16(3-7-19)26(32)21-14-30(22-8-4-17(28)12-20(22)27(21)33)15-25(31)29-18-5-9-23-24(13-18)36-11-10-35-23/h2-9,12-14H,10-11,15H2,1H3,(H,29,31). The lowest BCUT2D eigenvalue weighted by atomic mass is 10.0. The molecule has 0 saturated heterocycles. The number of hydrogen-bond donors (Lipinski definition) is 1. The van der Waals surface area contributed by atoms with E-state index < -0.39 is 22.9 Å². The number of carbonyl (C=O) groups excluding carboxylic acids is 2. The van der Waals surface area contributed by atoms with Gasteiger partial charge in [-0.15, -0.1) is 0 Å². The Balaban J connectivity index is 1.49. The highest BCUT2D eigenvalue weighted by Crippen LogP contribution is 2.32. The lowest BCUT2D eigenvalue weighted by molar-refractivity contribution is -0.116. The monoisotopic (exact) mass is 488 g/mol. The summed E-state index contributed by atoms with van der Waals surface area (Å²) in [4.78, 5) is 39.2. The van der Waals surface area contributed by atoms with Crippen LogP contribution in [0, 0.1) is 5.82 Å². The molecule has 1 amide bonds. The minimum atomic E-state index is -0.624. The fourth-order valence-electron chi connectivity index (χ4n) is 4.04. The van der Waals surface area contributed by atoms with Crippen molar-refractivity contribution in [2.24, 2.45) is 0 Å². The number of carbonyl (C=O) groups is 2. The molecule has 1 aliphatic heterocycles. The quantitative estimate of drug-likeness (QED) is 0.415. The van der Waals surface area contributed by atoms with Gasteiger partial charge in [-0.3, -0.25) is 14.4 Å². The van der Waals surface area contributed by atoms with Crippen LogP contribution in [0.25, 0.3) is 10.9 Å². The smallest absolute Gasteiger partial charge is 0.244 e. The largest absolute Gasteiger partial charge is 0.497 e. The third-order valence-corrected chi connectivity index (χ3v) is 5.78. The van der Waals surface area contributed by atoms with Gasteiger partial charge in [-0.25, -0.2) is 4.39 Å². The second-order valence-corrected chi connectivity index (χ2v) is 8.13. The van der Waals surface area contributed by atoms with Gasteiger partial charge >= 0.3 is 0 Å². The molecule has 1 aliphatic rings. The number of nitrogens with one attached hydrogen (secondary N) is 1. The third-order valence-electron chi connectivity index (χ3n) is 5.78. The van der Waals surface area contributed by atoms with Gasteiger partial charge in [0.15, 0.2) is 17.3 Å². The number of ether oxygens (including phenoxy) is 3. The number of methoxy groups -OCH3 is 1. The maximum atomic E-state index is 14.0. The van der Waals surface area contributed by atoms with Crippen molar-refractivity contribution < 1.29 is 28.2 Å². The maximum Gasteiger partial charge on any atom is 0.244 e. The number of pyridine rings is 1. The Bertz CT molecular complexity index is 1540. The van der Waals surface area contributed by atoms with Gasteiger partial charge in [0.2, 0.25) is 11.3 Å². The summed E-state index contributed by atoms with van der Waals surface area (Å²) < 4.78 is 31.6. The van der Waals surface area contributed by atoms with Gasteiger partial charge in [0.25, 0.3) is 0 Å². The zero-order valence-corrected chi connectivity index (χ0v) is 19.2. The van der Waals surface area contributed by atoms with E-state index in [2.05, 4.69) is 5.32 Å². The van der Waals surface area contributed by atoms with E-state index in [9.17, 15) is 18.8 Å². The molecule has 1 N–H and O–H groups in total. The molecule has 9 heteroatoms. The molecule has 0 aliphatic carbocycles. The van der Waals surface area contributed by atoms with E-state index in [4.69, 9.17) is 14.2 Å². The molecule has 0 bridgehead atoms. The van der Waals surface area contributed by atoms with Crippen molar-refractivity contribution >= 4 is 28.3 Å². The van der Waals surface area contributed by atoms with Crippen LogP contribution in [0.15, 0.2) is 71.7 Å². The van der Waals surface area contributed by atoms with Gasteiger partial charge in [-0.2, -0.15) is 0 Å². The molecular formula is C27H21FN2O6. The van der Waals surface area contributed by atoms with Gasteiger partial charge < -0.3 is 24.1 Å². The first-order valence-electron chi connectivity index (χ1n) is 11.1. The fourth-order valence-corrected chi connectivity index (χ4v) is 4.04. The van der Waals surface area contributed by atoms with E-state index in [0.717, 1.165) is 6.07 Å². The van der Waals surface area contributed by atoms with Gasteiger partial charge in [0, 0.05) is 28.9 Å². The summed E-state index contributed by atoms with van der Waals surface area (Å²) in [5.41, 5.74) is 0.287. The van der Waals surface area contributed by atoms with Crippen LogP contribution in [0.2, 0.25) is 0 Å². The molecule has 0 atom stereocenters. The lowest BCUT2D eigenvalue weighted by Gasteiger charge is -2.19. The first-order chi connectivity index (χ1) is 17.4. The van der Waals surface area contributed by atoms with Gasteiger partial charge in [0.1, 0.15) is 31.3 Å². The van der Waals surface area contributed by atoms with Gasteiger partial charge in [-0.1, -0.05) is 0 Å². The van der Waals surface area contributed by atoms with E-state index in [1.165, 1.54) is 42.1 Å². The van der Waals surface area contributed by atoms with Crippen LogP contribution in [0.4, 0.5) is 10.1 Å². The molecule has 36 heavy (non-hydrogen) atoms. The Kier molecular flexibility index (Phi) is 6.12. The van der Waals surface area contributed by atoms with Crippen molar-refractivity contribution in [1.82, 2.24) is 4.57 Å². The highest BCUT2D eigenvalue weighted by atomic mass is 19.1. The van der Waals surface area contributed by atoms with Crippen molar-refractivity contribution in [3.63, 3.8) is 0 Å². The van der Waals surface area contributed by atoms with E-state index in [1.54, 1.807) is 30.3 Å². The van der Waals surface area contributed by atoms with Crippen LogP contribution in [-0.4, -0.2) is 36.6 Å². The minimum Gasteiger partial charge on any atom is -0.497 e. The molecule has 0 unspecified atom stereocenters. The zero-order chi connectivity index (χ0) is 25.2. The molecule has 5 rings (SSSR count). The van der Waals surface area contributed by atoms with Gasteiger partial charge in [-0.05, 0) is 54.6 Å². The summed E-state index contributed by atoms with van der Waals surface area (Å²) >= 11 is 0. The minimum absolute atomic E-state index is 0.00138. The zero-order valence-electron chi connectivity index (χ0n) is 19.2. The summed E-state index contributed by atoms with van der Waals surface area (Å²) in [6.45, 7) is 0.644.